The van der Waals surface area contributed by atoms with E-state index >= 15 is 0 Å². The molecule has 1 heterocycles. The molecule has 0 aromatic heterocycles. The molecule has 15 heavy (non-hydrogen) atoms. The Hall–Kier alpha value is 0.01000. The van der Waals surface area contributed by atoms with Crippen molar-refractivity contribution in [1.29, 1.82) is 0 Å². The molecule has 1 aromatic carbocycles. The molecular formula is C12H16BrNS. The van der Waals surface area contributed by atoms with Crippen LogP contribution in [-0.2, 0) is 5.54 Å². The fourth-order valence-corrected chi connectivity index (χ4v) is 3.47. The molecule has 0 saturated carbocycles. The largest absolute Gasteiger partial charge is 0.308 e. The molecule has 1 aliphatic rings. The SMILES string of the molecule is CSc1ccc(C2(C)CCCN2)cc1Br. The first kappa shape index (κ1) is 11.5. The Kier molecular flexibility index (Phi) is 3.43. The van der Waals surface area contributed by atoms with Crippen LogP contribution in [-0.4, -0.2) is 12.8 Å². The van der Waals surface area contributed by atoms with Crippen molar-refractivity contribution in [3.63, 3.8) is 0 Å². The highest BCUT2D eigenvalue weighted by Gasteiger charge is 2.30. The number of halogens is 1. The third kappa shape index (κ3) is 2.24. The van der Waals surface area contributed by atoms with Gasteiger partial charge >= 0.3 is 0 Å². The fourth-order valence-electron chi connectivity index (χ4n) is 2.15. The maximum Gasteiger partial charge on any atom is 0.0406 e. The van der Waals surface area contributed by atoms with Crippen molar-refractivity contribution in [2.24, 2.45) is 0 Å². The minimum atomic E-state index is 0.180. The quantitative estimate of drug-likeness (QED) is 0.831. The van der Waals surface area contributed by atoms with Gasteiger partial charge in [-0.25, -0.2) is 0 Å². The van der Waals surface area contributed by atoms with E-state index in [1.54, 1.807) is 11.8 Å². The molecule has 0 aliphatic carbocycles. The van der Waals surface area contributed by atoms with Gasteiger partial charge in [-0.15, -0.1) is 11.8 Å². The molecule has 0 amide bonds. The normalized spacial score (nSPS) is 25.8. The van der Waals surface area contributed by atoms with Crippen molar-refractivity contribution in [3.8, 4) is 0 Å². The lowest BCUT2D eigenvalue weighted by molar-refractivity contribution is 0.434. The van der Waals surface area contributed by atoms with Crippen LogP contribution in [0.15, 0.2) is 27.6 Å². The van der Waals surface area contributed by atoms with Gasteiger partial charge in [-0.3, -0.25) is 0 Å². The second kappa shape index (κ2) is 4.48. The highest BCUT2D eigenvalue weighted by Crippen LogP contribution is 2.34. The molecule has 1 N–H and O–H groups in total. The van der Waals surface area contributed by atoms with Gasteiger partial charge in [-0.05, 0) is 66.2 Å². The standard InChI is InChI=1S/C12H16BrNS/c1-12(6-3-7-14-12)9-4-5-11(15-2)10(13)8-9/h4-5,8,14H,3,6-7H2,1-2H3. The Morgan fingerprint density at radius 3 is 2.80 bits per heavy atom. The summed E-state index contributed by atoms with van der Waals surface area (Å²) in [6.07, 6.45) is 4.62. The molecule has 1 nitrogen and oxygen atoms in total. The van der Waals surface area contributed by atoms with Crippen LogP contribution in [0.1, 0.15) is 25.3 Å². The number of nitrogens with one attached hydrogen (secondary N) is 1. The molecular weight excluding hydrogens is 270 g/mol. The molecule has 2 rings (SSSR count). The molecule has 1 unspecified atom stereocenters. The van der Waals surface area contributed by atoms with E-state index in [0.29, 0.717) is 0 Å². The number of thioether (sulfide) groups is 1. The van der Waals surface area contributed by atoms with Gasteiger partial charge in [0.15, 0.2) is 0 Å². The molecule has 1 saturated heterocycles. The van der Waals surface area contributed by atoms with Gasteiger partial charge in [0.2, 0.25) is 0 Å². The maximum absolute atomic E-state index is 3.63. The molecule has 0 bridgehead atoms. The van der Waals surface area contributed by atoms with Gasteiger partial charge < -0.3 is 5.32 Å². The molecule has 1 atom stereocenters. The van der Waals surface area contributed by atoms with Crippen molar-refractivity contribution in [2.75, 3.05) is 12.8 Å². The van der Waals surface area contributed by atoms with Crippen LogP contribution in [0.5, 0.6) is 0 Å². The summed E-state index contributed by atoms with van der Waals surface area (Å²) in [4.78, 5) is 1.31. The van der Waals surface area contributed by atoms with Crippen LogP contribution < -0.4 is 5.32 Å². The molecule has 3 heteroatoms. The summed E-state index contributed by atoms with van der Waals surface area (Å²) in [7, 11) is 0. The smallest absolute Gasteiger partial charge is 0.0406 e. The van der Waals surface area contributed by atoms with Crippen LogP contribution >= 0.6 is 27.7 Å². The molecule has 1 fully saturated rings. The van der Waals surface area contributed by atoms with E-state index in [-0.39, 0.29) is 5.54 Å². The zero-order chi connectivity index (χ0) is 10.9. The van der Waals surface area contributed by atoms with Crippen LogP contribution in [0, 0.1) is 0 Å². The van der Waals surface area contributed by atoms with E-state index in [9.17, 15) is 0 Å². The second-order valence-corrected chi connectivity index (χ2v) is 5.91. The maximum atomic E-state index is 3.63. The van der Waals surface area contributed by atoms with E-state index in [0.717, 1.165) is 6.54 Å². The summed E-state index contributed by atoms with van der Waals surface area (Å²) in [6.45, 7) is 3.43. The Morgan fingerprint density at radius 2 is 2.27 bits per heavy atom. The molecule has 0 radical (unpaired) electrons. The summed E-state index contributed by atoms with van der Waals surface area (Å²) in [6, 6.07) is 6.70. The van der Waals surface area contributed by atoms with Crippen molar-refractivity contribution in [1.82, 2.24) is 5.32 Å². The monoisotopic (exact) mass is 285 g/mol. The van der Waals surface area contributed by atoms with Gasteiger partial charge in [0.05, 0.1) is 0 Å². The minimum Gasteiger partial charge on any atom is -0.308 e. The average Bonchev–Trinajstić information content (AvgIpc) is 2.66. The van der Waals surface area contributed by atoms with Crippen molar-refractivity contribution < 1.29 is 0 Å². The molecule has 82 valence electrons. The highest BCUT2D eigenvalue weighted by molar-refractivity contribution is 9.10. The number of benzene rings is 1. The summed E-state index contributed by atoms with van der Waals surface area (Å²) < 4.78 is 1.21. The Bertz CT molecular complexity index is 359. The summed E-state index contributed by atoms with van der Waals surface area (Å²) >= 11 is 5.41. The van der Waals surface area contributed by atoms with E-state index in [1.165, 1.54) is 27.8 Å². The van der Waals surface area contributed by atoms with Crippen LogP contribution in [0.2, 0.25) is 0 Å². The third-order valence-corrected chi connectivity index (χ3v) is 4.87. The predicted octanol–water partition coefficient (Wildman–Crippen LogP) is 3.77. The first-order valence-corrected chi connectivity index (χ1v) is 7.26. The lowest BCUT2D eigenvalue weighted by atomic mass is 9.91. The van der Waals surface area contributed by atoms with E-state index in [2.05, 4.69) is 52.6 Å². The van der Waals surface area contributed by atoms with E-state index < -0.39 is 0 Å². The Morgan fingerprint density at radius 1 is 1.47 bits per heavy atom. The average molecular weight is 286 g/mol. The van der Waals surface area contributed by atoms with E-state index in [1.807, 2.05) is 0 Å². The van der Waals surface area contributed by atoms with Crippen LogP contribution in [0.25, 0.3) is 0 Å². The zero-order valence-electron chi connectivity index (χ0n) is 9.14. The van der Waals surface area contributed by atoms with Gasteiger partial charge in [0.25, 0.3) is 0 Å². The Labute approximate surface area is 104 Å². The number of hydrogen-bond acceptors (Lipinski definition) is 2. The van der Waals surface area contributed by atoms with Crippen LogP contribution in [0.4, 0.5) is 0 Å². The summed E-state index contributed by atoms with van der Waals surface area (Å²) in [5.41, 5.74) is 1.57. The number of hydrogen-bond donors (Lipinski definition) is 1. The molecule has 1 aromatic rings. The Balaban J connectivity index is 2.33. The predicted molar refractivity (Wildman–Crippen MR) is 70.5 cm³/mol. The van der Waals surface area contributed by atoms with Crippen molar-refractivity contribution >= 4 is 27.7 Å². The zero-order valence-corrected chi connectivity index (χ0v) is 11.5. The fraction of sp³-hybridized carbons (Fsp3) is 0.500. The highest BCUT2D eigenvalue weighted by atomic mass is 79.9. The summed E-state index contributed by atoms with van der Waals surface area (Å²) in [5.74, 6) is 0. The number of rotatable bonds is 2. The summed E-state index contributed by atoms with van der Waals surface area (Å²) in [5, 5.41) is 3.59. The van der Waals surface area contributed by atoms with Crippen molar-refractivity contribution in [3.05, 3.63) is 28.2 Å². The minimum absolute atomic E-state index is 0.180. The first-order valence-electron chi connectivity index (χ1n) is 5.25. The van der Waals surface area contributed by atoms with E-state index in [4.69, 9.17) is 0 Å². The second-order valence-electron chi connectivity index (χ2n) is 4.21. The molecule has 0 spiro atoms. The van der Waals surface area contributed by atoms with Gasteiger partial charge in [-0.2, -0.15) is 0 Å². The van der Waals surface area contributed by atoms with Gasteiger partial charge in [-0.1, -0.05) is 6.07 Å². The third-order valence-electron chi connectivity index (χ3n) is 3.16. The first-order chi connectivity index (χ1) is 7.15. The van der Waals surface area contributed by atoms with Gasteiger partial charge in [0, 0.05) is 14.9 Å². The lowest BCUT2D eigenvalue weighted by Crippen LogP contribution is -2.33. The topological polar surface area (TPSA) is 12.0 Å². The lowest BCUT2D eigenvalue weighted by Gasteiger charge is -2.25. The van der Waals surface area contributed by atoms with Gasteiger partial charge in [0.1, 0.15) is 0 Å². The molecule has 1 aliphatic heterocycles. The van der Waals surface area contributed by atoms with Crippen LogP contribution in [0.3, 0.4) is 0 Å². The van der Waals surface area contributed by atoms with Crippen molar-refractivity contribution in [2.45, 2.75) is 30.2 Å².